The van der Waals surface area contributed by atoms with Crippen LogP contribution in [0.2, 0.25) is 0 Å². The van der Waals surface area contributed by atoms with Crippen LogP contribution in [-0.2, 0) is 0 Å². The van der Waals surface area contributed by atoms with E-state index in [0.29, 0.717) is 6.42 Å². The summed E-state index contributed by atoms with van der Waals surface area (Å²) in [6.45, 7) is 1.74. The second-order valence-electron chi connectivity index (χ2n) is 3.17. The molecule has 14 heavy (non-hydrogen) atoms. The van der Waals surface area contributed by atoms with Crippen LogP contribution in [0.15, 0.2) is 18.2 Å². The SMILES string of the molecule is CC[C@@H](O)[C@@H](N)c1ccc(F)cc1F. The Labute approximate surface area is 81.4 Å². The normalized spacial score (nSPS) is 15.2. The van der Waals surface area contributed by atoms with E-state index in [4.69, 9.17) is 5.73 Å². The Morgan fingerprint density at radius 2 is 2.07 bits per heavy atom. The monoisotopic (exact) mass is 201 g/mol. The lowest BCUT2D eigenvalue weighted by Crippen LogP contribution is -2.26. The Hall–Kier alpha value is -1.00. The van der Waals surface area contributed by atoms with Crippen LogP contribution in [0.4, 0.5) is 8.78 Å². The molecule has 0 bridgehead atoms. The molecule has 3 N–H and O–H groups in total. The molecule has 1 aromatic carbocycles. The van der Waals surface area contributed by atoms with Crippen LogP contribution >= 0.6 is 0 Å². The van der Waals surface area contributed by atoms with E-state index in [-0.39, 0.29) is 5.56 Å². The number of rotatable bonds is 3. The van der Waals surface area contributed by atoms with E-state index in [1.54, 1.807) is 6.92 Å². The number of halogens is 2. The van der Waals surface area contributed by atoms with Crippen molar-refractivity contribution in [1.82, 2.24) is 0 Å². The zero-order valence-electron chi connectivity index (χ0n) is 7.87. The molecule has 0 aromatic heterocycles. The van der Waals surface area contributed by atoms with E-state index in [1.165, 1.54) is 6.07 Å². The first-order valence-electron chi connectivity index (χ1n) is 4.44. The third-order valence-corrected chi connectivity index (χ3v) is 2.15. The number of aliphatic hydroxyl groups is 1. The first-order valence-corrected chi connectivity index (χ1v) is 4.44. The van der Waals surface area contributed by atoms with Crippen LogP contribution in [0.25, 0.3) is 0 Å². The Bertz CT molecular complexity index is 317. The van der Waals surface area contributed by atoms with Crippen molar-refractivity contribution in [1.29, 1.82) is 0 Å². The Kier molecular flexibility index (Phi) is 3.55. The number of hydrogen-bond donors (Lipinski definition) is 2. The van der Waals surface area contributed by atoms with Crippen LogP contribution in [0, 0.1) is 11.6 Å². The summed E-state index contributed by atoms with van der Waals surface area (Å²) in [6.07, 6.45) is -0.382. The maximum atomic E-state index is 13.2. The van der Waals surface area contributed by atoms with Crippen LogP contribution in [-0.4, -0.2) is 11.2 Å². The molecule has 0 aliphatic rings. The van der Waals surface area contributed by atoms with Gasteiger partial charge in [0.2, 0.25) is 0 Å². The minimum Gasteiger partial charge on any atom is -0.391 e. The Balaban J connectivity index is 2.95. The van der Waals surface area contributed by atoms with Gasteiger partial charge in [-0.15, -0.1) is 0 Å². The molecule has 2 nitrogen and oxygen atoms in total. The number of benzene rings is 1. The van der Waals surface area contributed by atoms with Gasteiger partial charge in [0.25, 0.3) is 0 Å². The molecule has 4 heteroatoms. The summed E-state index contributed by atoms with van der Waals surface area (Å²) in [6, 6.07) is 2.34. The molecule has 78 valence electrons. The number of hydrogen-bond acceptors (Lipinski definition) is 2. The Morgan fingerprint density at radius 3 is 2.57 bits per heavy atom. The molecule has 0 spiro atoms. The minimum atomic E-state index is -0.810. The molecule has 0 amide bonds. The molecule has 1 aromatic rings. The van der Waals surface area contributed by atoms with Crippen LogP contribution in [0.3, 0.4) is 0 Å². The number of aliphatic hydroxyl groups excluding tert-OH is 1. The maximum absolute atomic E-state index is 13.2. The summed E-state index contributed by atoms with van der Waals surface area (Å²) < 4.78 is 25.7. The molecule has 0 saturated carbocycles. The highest BCUT2D eigenvalue weighted by atomic mass is 19.1. The van der Waals surface area contributed by atoms with Crippen LogP contribution in [0.5, 0.6) is 0 Å². The predicted octanol–water partition coefficient (Wildman–Crippen LogP) is 1.74. The van der Waals surface area contributed by atoms with Gasteiger partial charge in [0, 0.05) is 11.6 Å². The third-order valence-electron chi connectivity index (χ3n) is 2.15. The average Bonchev–Trinajstić information content (AvgIpc) is 2.15. The van der Waals surface area contributed by atoms with E-state index >= 15 is 0 Å². The van der Waals surface area contributed by atoms with Gasteiger partial charge in [0.1, 0.15) is 11.6 Å². The second-order valence-corrected chi connectivity index (χ2v) is 3.17. The van der Waals surface area contributed by atoms with Crippen molar-refractivity contribution < 1.29 is 13.9 Å². The fraction of sp³-hybridized carbons (Fsp3) is 0.400. The summed E-state index contributed by atoms with van der Waals surface area (Å²) in [7, 11) is 0. The zero-order chi connectivity index (χ0) is 10.7. The average molecular weight is 201 g/mol. The molecule has 0 aliphatic heterocycles. The summed E-state index contributed by atoms with van der Waals surface area (Å²) >= 11 is 0. The fourth-order valence-electron chi connectivity index (χ4n) is 1.23. The van der Waals surface area contributed by atoms with Crippen molar-refractivity contribution in [3.63, 3.8) is 0 Å². The van der Waals surface area contributed by atoms with Crippen molar-refractivity contribution in [3.05, 3.63) is 35.4 Å². The van der Waals surface area contributed by atoms with Crippen molar-refractivity contribution in [2.75, 3.05) is 0 Å². The summed E-state index contributed by atoms with van der Waals surface area (Å²) in [5.41, 5.74) is 5.73. The molecule has 1 rings (SSSR count). The third kappa shape index (κ3) is 2.27. The first kappa shape index (κ1) is 11.1. The Morgan fingerprint density at radius 1 is 1.43 bits per heavy atom. The summed E-state index contributed by atoms with van der Waals surface area (Å²) in [5.74, 6) is -1.37. The lowest BCUT2D eigenvalue weighted by Gasteiger charge is -2.17. The van der Waals surface area contributed by atoms with Gasteiger partial charge in [-0.1, -0.05) is 13.0 Å². The molecule has 0 fully saturated rings. The van der Waals surface area contributed by atoms with Gasteiger partial charge in [0.15, 0.2) is 0 Å². The van der Waals surface area contributed by atoms with E-state index < -0.39 is 23.8 Å². The first-order chi connectivity index (χ1) is 6.56. The molecular weight excluding hydrogens is 188 g/mol. The standard InChI is InChI=1S/C10H13F2NO/c1-2-9(14)10(13)7-4-3-6(11)5-8(7)12/h3-5,9-10,14H,2,13H2,1H3/t9-,10+/m1/s1. The minimum absolute atomic E-state index is 0.140. The van der Waals surface area contributed by atoms with Gasteiger partial charge in [-0.2, -0.15) is 0 Å². The van der Waals surface area contributed by atoms with E-state index in [0.717, 1.165) is 12.1 Å². The van der Waals surface area contributed by atoms with Gasteiger partial charge in [-0.05, 0) is 12.5 Å². The molecule has 0 saturated heterocycles. The van der Waals surface area contributed by atoms with E-state index in [9.17, 15) is 13.9 Å². The molecule has 0 heterocycles. The molecule has 0 aliphatic carbocycles. The molecule has 0 unspecified atom stereocenters. The van der Waals surface area contributed by atoms with Crippen molar-refractivity contribution >= 4 is 0 Å². The van der Waals surface area contributed by atoms with Crippen LogP contribution in [0.1, 0.15) is 24.9 Å². The number of nitrogens with two attached hydrogens (primary N) is 1. The fourth-order valence-corrected chi connectivity index (χ4v) is 1.23. The van der Waals surface area contributed by atoms with E-state index in [1.807, 2.05) is 0 Å². The molecular formula is C10H13F2NO. The van der Waals surface area contributed by atoms with Gasteiger partial charge in [0.05, 0.1) is 12.1 Å². The van der Waals surface area contributed by atoms with Gasteiger partial charge in [-0.3, -0.25) is 0 Å². The molecule has 2 atom stereocenters. The van der Waals surface area contributed by atoms with Gasteiger partial charge >= 0.3 is 0 Å². The smallest absolute Gasteiger partial charge is 0.130 e. The lowest BCUT2D eigenvalue weighted by atomic mass is 10.0. The van der Waals surface area contributed by atoms with Crippen molar-refractivity contribution in [2.24, 2.45) is 5.73 Å². The predicted molar refractivity (Wildman–Crippen MR) is 49.6 cm³/mol. The lowest BCUT2D eigenvalue weighted by molar-refractivity contribution is 0.139. The highest BCUT2D eigenvalue weighted by Gasteiger charge is 2.18. The van der Waals surface area contributed by atoms with Crippen molar-refractivity contribution in [3.8, 4) is 0 Å². The molecule has 0 radical (unpaired) electrons. The largest absolute Gasteiger partial charge is 0.391 e. The highest BCUT2D eigenvalue weighted by Crippen LogP contribution is 2.20. The van der Waals surface area contributed by atoms with E-state index in [2.05, 4.69) is 0 Å². The topological polar surface area (TPSA) is 46.2 Å². The second kappa shape index (κ2) is 4.48. The highest BCUT2D eigenvalue weighted by molar-refractivity contribution is 5.22. The summed E-state index contributed by atoms with van der Waals surface area (Å²) in [5, 5.41) is 9.39. The van der Waals surface area contributed by atoms with Crippen molar-refractivity contribution in [2.45, 2.75) is 25.5 Å². The van der Waals surface area contributed by atoms with Gasteiger partial charge < -0.3 is 10.8 Å². The zero-order valence-corrected chi connectivity index (χ0v) is 7.87. The quantitative estimate of drug-likeness (QED) is 0.782. The van der Waals surface area contributed by atoms with Crippen LogP contribution < -0.4 is 5.73 Å². The van der Waals surface area contributed by atoms with Gasteiger partial charge in [-0.25, -0.2) is 8.78 Å². The summed E-state index contributed by atoms with van der Waals surface area (Å²) in [4.78, 5) is 0. The maximum Gasteiger partial charge on any atom is 0.130 e.